The molecule has 0 radical (unpaired) electrons. The highest BCUT2D eigenvalue weighted by Gasteiger charge is 2.24. The highest BCUT2D eigenvalue weighted by atomic mass is 35.5. The predicted molar refractivity (Wildman–Crippen MR) is 35.9 cm³/mol. The standard InChI is InChI=1S/C6H13ClO/c1-4-6(7,8)5(2)3/h5,8H,4H2,1-3H3. The van der Waals surface area contributed by atoms with E-state index < -0.39 is 5.06 Å². The van der Waals surface area contributed by atoms with E-state index in [9.17, 15) is 0 Å². The molecule has 0 fully saturated rings. The van der Waals surface area contributed by atoms with Crippen molar-refractivity contribution < 1.29 is 5.11 Å². The zero-order valence-electron chi connectivity index (χ0n) is 5.61. The van der Waals surface area contributed by atoms with Crippen LogP contribution in [0.5, 0.6) is 0 Å². The Morgan fingerprint density at radius 3 is 2.00 bits per heavy atom. The molecule has 0 aromatic heterocycles. The minimum atomic E-state index is -0.986. The molecule has 0 saturated heterocycles. The van der Waals surface area contributed by atoms with E-state index in [1.807, 2.05) is 20.8 Å². The van der Waals surface area contributed by atoms with Crippen LogP contribution in [0.25, 0.3) is 0 Å². The number of hydrogen-bond acceptors (Lipinski definition) is 1. The van der Waals surface area contributed by atoms with Crippen molar-refractivity contribution in [2.45, 2.75) is 32.3 Å². The first kappa shape index (κ1) is 8.25. The first-order chi connectivity index (χ1) is 3.50. The van der Waals surface area contributed by atoms with E-state index >= 15 is 0 Å². The zero-order chi connectivity index (χ0) is 6.78. The van der Waals surface area contributed by atoms with E-state index in [0.29, 0.717) is 6.42 Å². The molecule has 1 nitrogen and oxygen atoms in total. The Hall–Kier alpha value is 0.250. The van der Waals surface area contributed by atoms with Gasteiger partial charge in [0.1, 0.15) is 5.06 Å². The Kier molecular flexibility index (Phi) is 2.78. The van der Waals surface area contributed by atoms with Crippen molar-refractivity contribution in [1.29, 1.82) is 0 Å². The minimum Gasteiger partial charge on any atom is -0.375 e. The molecule has 50 valence electrons. The second-order valence-electron chi connectivity index (χ2n) is 2.33. The fourth-order valence-electron chi connectivity index (χ4n) is 0.408. The summed E-state index contributed by atoms with van der Waals surface area (Å²) in [5.41, 5.74) is 0. The predicted octanol–water partition coefficient (Wildman–Crippen LogP) is 1.98. The van der Waals surface area contributed by atoms with Gasteiger partial charge in [-0.05, 0) is 12.3 Å². The van der Waals surface area contributed by atoms with Gasteiger partial charge in [0.05, 0.1) is 0 Å². The van der Waals surface area contributed by atoms with Gasteiger partial charge in [-0.3, -0.25) is 0 Å². The van der Waals surface area contributed by atoms with Crippen molar-refractivity contribution in [3.05, 3.63) is 0 Å². The smallest absolute Gasteiger partial charge is 0.140 e. The van der Waals surface area contributed by atoms with Gasteiger partial charge in [0.2, 0.25) is 0 Å². The maximum atomic E-state index is 9.17. The summed E-state index contributed by atoms with van der Waals surface area (Å²) in [6.07, 6.45) is 0.603. The Balaban J connectivity index is 3.71. The molecule has 0 spiro atoms. The monoisotopic (exact) mass is 136 g/mol. The van der Waals surface area contributed by atoms with Gasteiger partial charge in [-0.2, -0.15) is 0 Å². The maximum absolute atomic E-state index is 9.17. The van der Waals surface area contributed by atoms with Gasteiger partial charge in [0.25, 0.3) is 0 Å². The molecule has 0 aliphatic heterocycles. The van der Waals surface area contributed by atoms with Gasteiger partial charge in [-0.15, -0.1) is 0 Å². The first-order valence-corrected chi connectivity index (χ1v) is 3.29. The number of alkyl halides is 1. The molecule has 0 aliphatic carbocycles. The molecule has 8 heavy (non-hydrogen) atoms. The van der Waals surface area contributed by atoms with E-state index in [2.05, 4.69) is 0 Å². The van der Waals surface area contributed by atoms with Crippen LogP contribution in [0.15, 0.2) is 0 Å². The molecule has 0 aromatic rings. The third kappa shape index (κ3) is 2.01. The number of rotatable bonds is 2. The van der Waals surface area contributed by atoms with Crippen molar-refractivity contribution in [1.82, 2.24) is 0 Å². The summed E-state index contributed by atoms with van der Waals surface area (Å²) in [5.74, 6) is 0.133. The second kappa shape index (κ2) is 2.70. The van der Waals surface area contributed by atoms with Crippen LogP contribution in [0.2, 0.25) is 0 Å². The lowest BCUT2D eigenvalue weighted by molar-refractivity contribution is 0.0758. The van der Waals surface area contributed by atoms with Crippen molar-refractivity contribution in [2.75, 3.05) is 0 Å². The van der Waals surface area contributed by atoms with Crippen LogP contribution in [-0.2, 0) is 0 Å². The SMILES string of the molecule is CCC(O)(Cl)C(C)C. The zero-order valence-corrected chi connectivity index (χ0v) is 6.37. The fraction of sp³-hybridized carbons (Fsp3) is 1.00. The van der Waals surface area contributed by atoms with Gasteiger partial charge in [-0.25, -0.2) is 0 Å². The van der Waals surface area contributed by atoms with Crippen LogP contribution < -0.4 is 0 Å². The summed E-state index contributed by atoms with van der Waals surface area (Å²) < 4.78 is 0. The normalized spacial score (nSPS) is 18.8. The molecule has 0 saturated carbocycles. The van der Waals surface area contributed by atoms with Crippen molar-refractivity contribution in [3.63, 3.8) is 0 Å². The lowest BCUT2D eigenvalue weighted by atomic mass is 10.1. The average Bonchev–Trinajstić information content (AvgIpc) is 1.67. The van der Waals surface area contributed by atoms with Gasteiger partial charge < -0.3 is 5.11 Å². The second-order valence-corrected chi connectivity index (χ2v) is 2.98. The third-order valence-corrected chi connectivity index (χ3v) is 2.08. The van der Waals surface area contributed by atoms with Gasteiger partial charge in [-0.1, -0.05) is 32.4 Å². The lowest BCUT2D eigenvalue weighted by Gasteiger charge is -2.22. The number of hydrogen-bond donors (Lipinski definition) is 1. The van der Waals surface area contributed by atoms with Crippen LogP contribution in [0.3, 0.4) is 0 Å². The molecule has 1 N–H and O–H groups in total. The van der Waals surface area contributed by atoms with Gasteiger partial charge in [0, 0.05) is 0 Å². The Morgan fingerprint density at radius 2 is 2.00 bits per heavy atom. The molecule has 0 bridgehead atoms. The lowest BCUT2D eigenvalue weighted by Crippen LogP contribution is -2.26. The Bertz CT molecular complexity index is 68.9. The Morgan fingerprint density at radius 1 is 1.62 bits per heavy atom. The average molecular weight is 137 g/mol. The largest absolute Gasteiger partial charge is 0.375 e. The molecule has 0 aromatic carbocycles. The van der Waals surface area contributed by atoms with Crippen LogP contribution in [0.4, 0.5) is 0 Å². The van der Waals surface area contributed by atoms with E-state index in [0.717, 1.165) is 0 Å². The highest BCUT2D eigenvalue weighted by molar-refractivity contribution is 6.22. The van der Waals surface area contributed by atoms with Crippen LogP contribution in [-0.4, -0.2) is 10.2 Å². The van der Waals surface area contributed by atoms with Crippen molar-refractivity contribution in [2.24, 2.45) is 5.92 Å². The highest BCUT2D eigenvalue weighted by Crippen LogP contribution is 2.24. The van der Waals surface area contributed by atoms with Crippen LogP contribution >= 0.6 is 11.6 Å². The molecular formula is C6H13ClO. The summed E-state index contributed by atoms with van der Waals surface area (Å²) in [7, 11) is 0. The van der Waals surface area contributed by atoms with E-state index in [1.54, 1.807) is 0 Å². The molecular weight excluding hydrogens is 124 g/mol. The van der Waals surface area contributed by atoms with E-state index in [-0.39, 0.29) is 5.92 Å². The molecule has 0 rings (SSSR count). The van der Waals surface area contributed by atoms with Crippen LogP contribution in [0.1, 0.15) is 27.2 Å². The molecule has 1 unspecified atom stereocenters. The summed E-state index contributed by atoms with van der Waals surface area (Å²) in [5, 5.41) is 8.18. The minimum absolute atomic E-state index is 0.133. The topological polar surface area (TPSA) is 20.2 Å². The number of halogens is 1. The molecule has 0 heterocycles. The van der Waals surface area contributed by atoms with E-state index in [1.165, 1.54) is 0 Å². The third-order valence-electron chi connectivity index (χ3n) is 1.38. The first-order valence-electron chi connectivity index (χ1n) is 2.92. The fourth-order valence-corrected chi connectivity index (χ4v) is 0.408. The Labute approximate surface area is 55.7 Å². The summed E-state index contributed by atoms with van der Waals surface area (Å²) >= 11 is 5.61. The summed E-state index contributed by atoms with van der Waals surface area (Å²) in [6, 6.07) is 0. The summed E-state index contributed by atoms with van der Waals surface area (Å²) in [4.78, 5) is 0. The van der Waals surface area contributed by atoms with Crippen molar-refractivity contribution in [3.8, 4) is 0 Å². The number of aliphatic hydroxyl groups is 1. The quantitative estimate of drug-likeness (QED) is 0.576. The molecule has 0 amide bonds. The molecule has 0 aliphatic rings. The molecule has 2 heteroatoms. The summed E-state index contributed by atoms with van der Waals surface area (Å²) in [6.45, 7) is 5.67. The van der Waals surface area contributed by atoms with Gasteiger partial charge in [0.15, 0.2) is 0 Å². The molecule has 1 atom stereocenters. The maximum Gasteiger partial charge on any atom is 0.140 e. The van der Waals surface area contributed by atoms with E-state index in [4.69, 9.17) is 16.7 Å². The van der Waals surface area contributed by atoms with Crippen LogP contribution in [0, 0.1) is 5.92 Å². The van der Waals surface area contributed by atoms with Crippen molar-refractivity contribution >= 4 is 11.6 Å². The van der Waals surface area contributed by atoms with Gasteiger partial charge >= 0.3 is 0 Å².